The summed E-state index contributed by atoms with van der Waals surface area (Å²) in [4.78, 5) is 0. The molecule has 0 saturated heterocycles. The van der Waals surface area contributed by atoms with Crippen molar-refractivity contribution in [3.05, 3.63) is 53.1 Å². The van der Waals surface area contributed by atoms with E-state index in [1.165, 1.54) is 27.8 Å². The predicted molar refractivity (Wildman–Crippen MR) is 75.6 cm³/mol. The van der Waals surface area contributed by atoms with Crippen LogP contribution >= 0.6 is 0 Å². The molecule has 0 heterocycles. The van der Waals surface area contributed by atoms with Gasteiger partial charge < -0.3 is 5.32 Å². The van der Waals surface area contributed by atoms with Crippen LogP contribution in [0.1, 0.15) is 16.7 Å². The van der Waals surface area contributed by atoms with Gasteiger partial charge in [-0.15, -0.1) is 0 Å². The summed E-state index contributed by atoms with van der Waals surface area (Å²) in [6.07, 6.45) is 0. The van der Waals surface area contributed by atoms with Crippen molar-refractivity contribution >= 4 is 5.69 Å². The molecule has 1 heteroatoms. The number of rotatable bonds is 2. The average molecular weight is 225 g/mol. The lowest BCUT2D eigenvalue weighted by Gasteiger charge is -2.12. The van der Waals surface area contributed by atoms with Crippen molar-refractivity contribution in [1.29, 1.82) is 0 Å². The molecule has 0 aliphatic heterocycles. The summed E-state index contributed by atoms with van der Waals surface area (Å²) in [5, 5.41) is 3.18. The summed E-state index contributed by atoms with van der Waals surface area (Å²) in [5.74, 6) is 0. The summed E-state index contributed by atoms with van der Waals surface area (Å²) >= 11 is 0. The molecular formula is C16H19N. The minimum atomic E-state index is 1.15. The van der Waals surface area contributed by atoms with Gasteiger partial charge in [-0.2, -0.15) is 0 Å². The van der Waals surface area contributed by atoms with E-state index in [4.69, 9.17) is 0 Å². The van der Waals surface area contributed by atoms with Gasteiger partial charge in [0.2, 0.25) is 0 Å². The van der Waals surface area contributed by atoms with Crippen LogP contribution in [-0.4, -0.2) is 7.05 Å². The van der Waals surface area contributed by atoms with Gasteiger partial charge in [0.1, 0.15) is 0 Å². The molecule has 0 aliphatic carbocycles. The maximum Gasteiger partial charge on any atom is 0.0343 e. The molecule has 0 atom stereocenters. The van der Waals surface area contributed by atoms with Crippen LogP contribution < -0.4 is 5.32 Å². The van der Waals surface area contributed by atoms with E-state index >= 15 is 0 Å². The minimum Gasteiger partial charge on any atom is -0.388 e. The van der Waals surface area contributed by atoms with Crippen LogP contribution in [-0.2, 0) is 0 Å². The maximum absolute atomic E-state index is 3.18. The van der Waals surface area contributed by atoms with Crippen LogP contribution in [0.3, 0.4) is 0 Å². The van der Waals surface area contributed by atoms with Crippen molar-refractivity contribution in [3.8, 4) is 11.1 Å². The van der Waals surface area contributed by atoms with Gasteiger partial charge in [-0.25, -0.2) is 0 Å². The molecule has 0 aliphatic rings. The zero-order valence-electron chi connectivity index (χ0n) is 11.0. The molecule has 2 aromatic carbocycles. The van der Waals surface area contributed by atoms with Crippen molar-refractivity contribution in [2.24, 2.45) is 0 Å². The van der Waals surface area contributed by atoms with E-state index in [0.717, 1.165) is 5.69 Å². The maximum atomic E-state index is 3.18. The largest absolute Gasteiger partial charge is 0.388 e. The third kappa shape index (κ3) is 2.19. The highest BCUT2D eigenvalue weighted by Crippen LogP contribution is 2.28. The second-order valence-corrected chi connectivity index (χ2v) is 4.51. The number of anilines is 1. The molecule has 0 aromatic heterocycles. The fourth-order valence-corrected chi connectivity index (χ4v) is 2.11. The lowest BCUT2D eigenvalue weighted by atomic mass is 9.94. The zero-order valence-corrected chi connectivity index (χ0v) is 11.0. The molecule has 17 heavy (non-hydrogen) atoms. The highest BCUT2D eigenvalue weighted by molar-refractivity contribution is 5.72. The topological polar surface area (TPSA) is 12.0 Å². The van der Waals surface area contributed by atoms with Gasteiger partial charge in [0.25, 0.3) is 0 Å². The van der Waals surface area contributed by atoms with Crippen LogP contribution in [0.15, 0.2) is 36.4 Å². The van der Waals surface area contributed by atoms with Gasteiger partial charge in [-0.05, 0) is 60.7 Å². The first-order valence-electron chi connectivity index (χ1n) is 5.98. The summed E-state index contributed by atoms with van der Waals surface area (Å²) in [7, 11) is 1.95. The fourth-order valence-electron chi connectivity index (χ4n) is 2.11. The number of aryl methyl sites for hydroxylation is 1. The lowest BCUT2D eigenvalue weighted by Crippen LogP contribution is -1.92. The minimum absolute atomic E-state index is 1.15. The third-order valence-electron chi connectivity index (χ3n) is 3.52. The standard InChI is InChI=1S/C16H19N/c1-11-8-9-16(13(3)12(11)2)14-6-5-7-15(10-14)17-4/h5-10,17H,1-4H3. The fraction of sp³-hybridized carbons (Fsp3) is 0.250. The van der Waals surface area contributed by atoms with Gasteiger partial charge in [0, 0.05) is 12.7 Å². The van der Waals surface area contributed by atoms with Crippen LogP contribution in [0.2, 0.25) is 0 Å². The van der Waals surface area contributed by atoms with E-state index in [-0.39, 0.29) is 0 Å². The molecule has 0 fully saturated rings. The number of hydrogen-bond acceptors (Lipinski definition) is 1. The number of benzene rings is 2. The SMILES string of the molecule is CNc1cccc(-c2ccc(C)c(C)c2C)c1. The van der Waals surface area contributed by atoms with Crippen molar-refractivity contribution in [2.45, 2.75) is 20.8 Å². The molecular weight excluding hydrogens is 206 g/mol. The molecule has 0 bridgehead atoms. The average Bonchev–Trinajstić information content (AvgIpc) is 2.36. The van der Waals surface area contributed by atoms with E-state index in [9.17, 15) is 0 Å². The first-order chi connectivity index (χ1) is 8.13. The molecule has 0 saturated carbocycles. The Morgan fingerprint density at radius 3 is 2.35 bits per heavy atom. The van der Waals surface area contributed by atoms with E-state index < -0.39 is 0 Å². The molecule has 0 unspecified atom stereocenters. The molecule has 2 rings (SSSR count). The molecule has 0 spiro atoms. The molecule has 88 valence electrons. The monoisotopic (exact) mass is 225 g/mol. The highest BCUT2D eigenvalue weighted by Gasteiger charge is 2.06. The van der Waals surface area contributed by atoms with Crippen LogP contribution in [0.25, 0.3) is 11.1 Å². The molecule has 2 aromatic rings. The molecule has 0 amide bonds. The highest BCUT2D eigenvalue weighted by atomic mass is 14.8. The van der Waals surface area contributed by atoms with Gasteiger partial charge in [-0.3, -0.25) is 0 Å². The summed E-state index contributed by atoms with van der Waals surface area (Å²) in [5.41, 5.74) is 7.87. The predicted octanol–water partition coefficient (Wildman–Crippen LogP) is 4.32. The van der Waals surface area contributed by atoms with Crippen LogP contribution in [0.5, 0.6) is 0 Å². The van der Waals surface area contributed by atoms with Crippen molar-refractivity contribution < 1.29 is 0 Å². The van der Waals surface area contributed by atoms with E-state index in [1.807, 2.05) is 7.05 Å². The van der Waals surface area contributed by atoms with E-state index in [2.05, 4.69) is 62.5 Å². The Bertz CT molecular complexity index is 541. The second-order valence-electron chi connectivity index (χ2n) is 4.51. The van der Waals surface area contributed by atoms with E-state index in [1.54, 1.807) is 0 Å². The van der Waals surface area contributed by atoms with Gasteiger partial charge in [-0.1, -0.05) is 24.3 Å². The molecule has 1 nitrogen and oxygen atoms in total. The Hall–Kier alpha value is -1.76. The van der Waals surface area contributed by atoms with Crippen molar-refractivity contribution in [2.75, 3.05) is 12.4 Å². The first-order valence-corrected chi connectivity index (χ1v) is 5.98. The van der Waals surface area contributed by atoms with Gasteiger partial charge in [0.15, 0.2) is 0 Å². The molecule has 1 N–H and O–H groups in total. The van der Waals surface area contributed by atoms with Gasteiger partial charge in [0.05, 0.1) is 0 Å². The van der Waals surface area contributed by atoms with Crippen molar-refractivity contribution in [3.63, 3.8) is 0 Å². The Labute approximate surface area is 103 Å². The summed E-state index contributed by atoms with van der Waals surface area (Å²) in [6, 6.07) is 12.9. The van der Waals surface area contributed by atoms with Gasteiger partial charge >= 0.3 is 0 Å². The Balaban J connectivity index is 2.56. The number of nitrogens with one attached hydrogen (secondary N) is 1. The Morgan fingerprint density at radius 2 is 1.65 bits per heavy atom. The zero-order chi connectivity index (χ0) is 12.4. The Morgan fingerprint density at radius 1 is 0.882 bits per heavy atom. The van der Waals surface area contributed by atoms with Crippen molar-refractivity contribution in [1.82, 2.24) is 0 Å². The third-order valence-corrected chi connectivity index (χ3v) is 3.52. The summed E-state index contributed by atoms with van der Waals surface area (Å²) < 4.78 is 0. The quantitative estimate of drug-likeness (QED) is 0.802. The van der Waals surface area contributed by atoms with Crippen LogP contribution in [0, 0.1) is 20.8 Å². The second kappa shape index (κ2) is 4.62. The van der Waals surface area contributed by atoms with E-state index in [0.29, 0.717) is 0 Å². The number of hydrogen-bond donors (Lipinski definition) is 1. The Kier molecular flexibility index (Phi) is 3.19. The summed E-state index contributed by atoms with van der Waals surface area (Å²) in [6.45, 7) is 6.55. The lowest BCUT2D eigenvalue weighted by molar-refractivity contribution is 1.27. The van der Waals surface area contributed by atoms with Crippen LogP contribution in [0.4, 0.5) is 5.69 Å². The first kappa shape index (κ1) is 11.7. The normalized spacial score (nSPS) is 10.4. The molecule has 0 radical (unpaired) electrons. The smallest absolute Gasteiger partial charge is 0.0343 e.